The van der Waals surface area contributed by atoms with Gasteiger partial charge in [0.1, 0.15) is 13.2 Å². The number of hydrogen-bond donors (Lipinski definition) is 0. The third-order valence-corrected chi connectivity index (χ3v) is 10.0. The molecule has 0 aromatic rings. The average Bonchev–Trinajstić information content (AvgIpc) is 3.11. The normalized spacial score (nSPS) is 11.9. The number of carbonyl (C=O) groups excluding carboxylic acids is 3. The van der Waals surface area contributed by atoms with Gasteiger partial charge in [-0.3, -0.25) is 14.4 Å². The molecule has 0 unspecified atom stereocenters. The number of unbranched alkanes of at least 4 members (excludes halogenated alkanes) is 27. The van der Waals surface area contributed by atoms with Gasteiger partial charge < -0.3 is 14.2 Å². The Balaban J connectivity index is 4.27. The minimum Gasteiger partial charge on any atom is -0.462 e. The van der Waals surface area contributed by atoms with Crippen molar-refractivity contribution in [2.75, 3.05) is 13.2 Å². The molecule has 0 spiro atoms. The summed E-state index contributed by atoms with van der Waals surface area (Å²) in [5, 5.41) is 0. The molecule has 0 saturated carbocycles. The first-order valence-corrected chi connectivity index (χ1v) is 22.4. The maximum absolute atomic E-state index is 12.7. The highest BCUT2D eigenvalue weighted by atomic mass is 16.6. The van der Waals surface area contributed by atoms with Gasteiger partial charge in [-0.1, -0.05) is 207 Å². The molecule has 1 atom stereocenters. The highest BCUT2D eigenvalue weighted by Gasteiger charge is 2.19. The Morgan fingerprint density at radius 2 is 0.647 bits per heavy atom. The monoisotopic (exact) mass is 723 g/mol. The first-order valence-electron chi connectivity index (χ1n) is 22.4. The van der Waals surface area contributed by atoms with E-state index in [2.05, 4.69) is 27.7 Å². The highest BCUT2D eigenvalue weighted by molar-refractivity contribution is 5.71. The maximum atomic E-state index is 12.7. The summed E-state index contributed by atoms with van der Waals surface area (Å²) in [5.41, 5.74) is 0. The zero-order valence-corrected chi connectivity index (χ0v) is 34.6. The molecule has 0 aromatic heterocycles. The molecule has 0 aliphatic carbocycles. The summed E-state index contributed by atoms with van der Waals surface area (Å²) < 4.78 is 16.6. The molecule has 0 rings (SSSR count). The van der Waals surface area contributed by atoms with Crippen LogP contribution in [0.15, 0.2) is 0 Å². The van der Waals surface area contributed by atoms with Crippen LogP contribution >= 0.6 is 0 Å². The fraction of sp³-hybridized carbons (Fsp3) is 0.933. The van der Waals surface area contributed by atoms with Gasteiger partial charge >= 0.3 is 17.9 Å². The molecule has 0 fully saturated rings. The molecule has 0 saturated heterocycles. The number of carbonyl (C=O) groups is 3. The predicted octanol–water partition coefficient (Wildman–Crippen LogP) is 13.9. The van der Waals surface area contributed by atoms with Crippen LogP contribution in [0.5, 0.6) is 0 Å². The van der Waals surface area contributed by atoms with Gasteiger partial charge in [-0.25, -0.2) is 0 Å². The molecule has 0 aliphatic heterocycles. The lowest BCUT2D eigenvalue weighted by atomic mass is 10.0. The summed E-state index contributed by atoms with van der Waals surface area (Å²) in [7, 11) is 0. The molecule has 51 heavy (non-hydrogen) atoms. The Labute approximate surface area is 317 Å². The fourth-order valence-electron chi connectivity index (χ4n) is 6.63. The van der Waals surface area contributed by atoms with Crippen molar-refractivity contribution in [1.82, 2.24) is 0 Å². The van der Waals surface area contributed by atoms with Gasteiger partial charge in [-0.2, -0.15) is 0 Å². The number of ether oxygens (including phenoxy) is 3. The van der Waals surface area contributed by atoms with Gasteiger partial charge in [0.15, 0.2) is 6.10 Å². The van der Waals surface area contributed by atoms with E-state index in [4.69, 9.17) is 14.2 Å². The molecule has 0 amide bonds. The molecule has 0 aliphatic rings. The van der Waals surface area contributed by atoms with E-state index >= 15 is 0 Å². The fourth-order valence-corrected chi connectivity index (χ4v) is 6.63. The molecule has 302 valence electrons. The third-order valence-electron chi connectivity index (χ3n) is 10.0. The van der Waals surface area contributed by atoms with Crippen LogP contribution in [-0.2, 0) is 28.6 Å². The van der Waals surface area contributed by atoms with Crippen molar-refractivity contribution in [3.63, 3.8) is 0 Å². The van der Waals surface area contributed by atoms with Crippen LogP contribution in [0.25, 0.3) is 0 Å². The van der Waals surface area contributed by atoms with Crippen molar-refractivity contribution < 1.29 is 28.6 Å². The van der Waals surface area contributed by atoms with E-state index in [9.17, 15) is 14.4 Å². The molecule has 0 radical (unpaired) electrons. The van der Waals surface area contributed by atoms with Gasteiger partial charge in [-0.05, 0) is 25.2 Å². The second kappa shape index (κ2) is 39.6. The van der Waals surface area contributed by atoms with Crippen LogP contribution in [0, 0.1) is 5.92 Å². The van der Waals surface area contributed by atoms with Crippen molar-refractivity contribution in [3.05, 3.63) is 0 Å². The van der Waals surface area contributed by atoms with E-state index in [0.717, 1.165) is 63.7 Å². The largest absolute Gasteiger partial charge is 0.462 e. The van der Waals surface area contributed by atoms with Crippen LogP contribution in [0.4, 0.5) is 0 Å². The predicted molar refractivity (Wildman–Crippen MR) is 215 cm³/mol. The Bertz CT molecular complexity index is 766. The minimum atomic E-state index is -0.758. The number of esters is 3. The smallest absolute Gasteiger partial charge is 0.306 e. The lowest BCUT2D eigenvalue weighted by Gasteiger charge is -2.18. The quantitative estimate of drug-likeness (QED) is 0.0356. The van der Waals surface area contributed by atoms with Crippen LogP contribution in [0.3, 0.4) is 0 Å². The molecular weight excluding hydrogens is 636 g/mol. The zero-order valence-electron chi connectivity index (χ0n) is 34.6. The standard InChI is InChI=1S/C45H86O6/c1-5-7-9-11-13-14-15-16-17-18-21-26-30-34-38-45(48)51-42(39-49-43(46)36-32-28-23-12-10-8-6-2)40-50-44(47)37-33-29-25-22-19-20-24-27-31-35-41(3)4/h41-42H,5-40H2,1-4H3/t42-/m1/s1. The first kappa shape index (κ1) is 49.4. The minimum absolute atomic E-state index is 0.0647. The molecule has 0 aromatic carbocycles. The lowest BCUT2D eigenvalue weighted by molar-refractivity contribution is -0.167. The highest BCUT2D eigenvalue weighted by Crippen LogP contribution is 2.16. The second-order valence-electron chi connectivity index (χ2n) is 15.8. The third kappa shape index (κ3) is 39.5. The van der Waals surface area contributed by atoms with Crippen molar-refractivity contribution in [1.29, 1.82) is 0 Å². The van der Waals surface area contributed by atoms with Gasteiger partial charge in [0, 0.05) is 19.3 Å². The Hall–Kier alpha value is -1.59. The Morgan fingerprint density at radius 3 is 0.961 bits per heavy atom. The number of hydrogen-bond acceptors (Lipinski definition) is 6. The van der Waals surface area contributed by atoms with Crippen molar-refractivity contribution in [2.24, 2.45) is 5.92 Å². The molecule has 6 heteroatoms. The molecule has 0 N–H and O–H groups in total. The van der Waals surface area contributed by atoms with Crippen molar-refractivity contribution in [3.8, 4) is 0 Å². The SMILES string of the molecule is CCCCCCCCCCCCCCCCC(=O)O[C@H](COC(=O)CCCCCCCCC)COC(=O)CCCCCCCCCCCC(C)C. The van der Waals surface area contributed by atoms with Gasteiger partial charge in [-0.15, -0.1) is 0 Å². The summed E-state index contributed by atoms with van der Waals surface area (Å²) >= 11 is 0. The van der Waals surface area contributed by atoms with Crippen LogP contribution in [0.1, 0.15) is 246 Å². The van der Waals surface area contributed by atoms with Crippen molar-refractivity contribution >= 4 is 17.9 Å². The van der Waals surface area contributed by atoms with Crippen molar-refractivity contribution in [2.45, 2.75) is 252 Å². The van der Waals surface area contributed by atoms with Crippen LogP contribution < -0.4 is 0 Å². The van der Waals surface area contributed by atoms with E-state index in [1.165, 1.54) is 141 Å². The van der Waals surface area contributed by atoms with Gasteiger partial charge in [0.05, 0.1) is 0 Å². The molecule has 6 nitrogen and oxygen atoms in total. The van der Waals surface area contributed by atoms with E-state index in [1.54, 1.807) is 0 Å². The summed E-state index contributed by atoms with van der Waals surface area (Å²) in [5.74, 6) is -0.0533. The summed E-state index contributed by atoms with van der Waals surface area (Å²) in [6.45, 7) is 8.93. The van der Waals surface area contributed by atoms with Gasteiger partial charge in [0.25, 0.3) is 0 Å². The lowest BCUT2D eigenvalue weighted by Crippen LogP contribution is -2.30. The van der Waals surface area contributed by atoms with E-state index in [0.29, 0.717) is 19.3 Å². The summed E-state index contributed by atoms with van der Waals surface area (Å²) in [6.07, 6.45) is 38.1. The maximum Gasteiger partial charge on any atom is 0.306 e. The second-order valence-corrected chi connectivity index (χ2v) is 15.8. The zero-order chi connectivity index (χ0) is 37.5. The van der Waals surface area contributed by atoms with Crippen LogP contribution in [0.2, 0.25) is 0 Å². The number of rotatable bonds is 40. The summed E-state index contributed by atoms with van der Waals surface area (Å²) in [4.78, 5) is 37.5. The first-order chi connectivity index (χ1) is 24.9. The topological polar surface area (TPSA) is 78.9 Å². The summed E-state index contributed by atoms with van der Waals surface area (Å²) in [6, 6.07) is 0. The van der Waals surface area contributed by atoms with E-state index in [-0.39, 0.29) is 31.1 Å². The average molecular weight is 723 g/mol. The molecular formula is C45H86O6. The van der Waals surface area contributed by atoms with E-state index in [1.807, 2.05) is 0 Å². The van der Waals surface area contributed by atoms with Crippen LogP contribution in [-0.4, -0.2) is 37.2 Å². The van der Waals surface area contributed by atoms with E-state index < -0.39 is 6.10 Å². The Kier molecular flexibility index (Phi) is 38.4. The molecule has 0 heterocycles. The van der Waals surface area contributed by atoms with Gasteiger partial charge in [0.2, 0.25) is 0 Å². The molecule has 0 bridgehead atoms. The Morgan fingerprint density at radius 1 is 0.373 bits per heavy atom.